The highest BCUT2D eigenvalue weighted by molar-refractivity contribution is 7.99. The smallest absolute Gasteiger partial charge is 0.342 e. The largest absolute Gasteiger partial charge is 0.478 e. The highest BCUT2D eigenvalue weighted by atomic mass is 32.2. The van der Waals surface area contributed by atoms with Crippen molar-refractivity contribution in [2.75, 3.05) is 5.75 Å². The Labute approximate surface area is 206 Å². The first kappa shape index (κ1) is 23.9. The van der Waals surface area contributed by atoms with E-state index in [1.54, 1.807) is 12.1 Å². The molecule has 8 nitrogen and oxygen atoms in total. The van der Waals surface area contributed by atoms with Gasteiger partial charge in [-0.25, -0.2) is 10.2 Å². The summed E-state index contributed by atoms with van der Waals surface area (Å²) in [6.45, 7) is 4.07. The molecule has 1 heterocycles. The molecule has 3 aromatic carbocycles. The predicted molar refractivity (Wildman–Crippen MR) is 135 cm³/mol. The fourth-order valence-electron chi connectivity index (χ4n) is 3.28. The van der Waals surface area contributed by atoms with Crippen LogP contribution in [0.25, 0.3) is 17.1 Å². The van der Waals surface area contributed by atoms with Gasteiger partial charge in [-0.1, -0.05) is 47.5 Å². The Morgan fingerprint density at radius 3 is 2.26 bits per heavy atom. The van der Waals surface area contributed by atoms with Crippen LogP contribution in [-0.4, -0.2) is 39.1 Å². The van der Waals surface area contributed by atoms with Crippen molar-refractivity contribution in [3.63, 3.8) is 0 Å². The third kappa shape index (κ3) is 6.01. The Morgan fingerprint density at radius 1 is 1.00 bits per heavy atom. The van der Waals surface area contributed by atoms with Crippen LogP contribution in [0.5, 0.6) is 0 Å². The highest BCUT2D eigenvalue weighted by Gasteiger charge is 2.24. The molecule has 0 bridgehead atoms. The van der Waals surface area contributed by atoms with E-state index in [1.165, 1.54) is 35.7 Å². The number of carbonyl (C=O) groups excluding carboxylic acids is 1. The SMILES string of the molecule is Cc1ccc(-c2[nH]nc(SCC(=O)N/N=C/c3ccc(C(=O)O)cc3)[n+]2-c2ccc(C)cc2)cc1. The van der Waals surface area contributed by atoms with E-state index in [9.17, 15) is 9.59 Å². The maximum atomic E-state index is 12.4. The molecule has 0 unspecified atom stereocenters. The first-order chi connectivity index (χ1) is 16.9. The lowest BCUT2D eigenvalue weighted by atomic mass is 10.1. The second-order valence-corrected chi connectivity index (χ2v) is 8.84. The molecule has 0 spiro atoms. The average Bonchev–Trinajstić information content (AvgIpc) is 3.28. The fraction of sp³-hybridized carbons (Fsp3) is 0.115. The number of hydrogen-bond acceptors (Lipinski definition) is 5. The number of aryl methyl sites for hydroxylation is 2. The molecular weight excluding hydrogens is 462 g/mol. The first-order valence-corrected chi connectivity index (χ1v) is 11.8. The molecule has 9 heteroatoms. The minimum atomic E-state index is -0.995. The van der Waals surface area contributed by atoms with Gasteiger partial charge in [-0.2, -0.15) is 9.67 Å². The second-order valence-electron chi connectivity index (χ2n) is 7.90. The summed E-state index contributed by atoms with van der Waals surface area (Å²) < 4.78 is 2.00. The van der Waals surface area contributed by atoms with E-state index in [1.807, 2.05) is 66.9 Å². The number of hydrazone groups is 1. The van der Waals surface area contributed by atoms with Crippen molar-refractivity contribution in [3.8, 4) is 17.1 Å². The molecule has 0 fully saturated rings. The van der Waals surface area contributed by atoms with E-state index in [2.05, 4.69) is 20.7 Å². The van der Waals surface area contributed by atoms with Crippen molar-refractivity contribution in [1.29, 1.82) is 0 Å². The van der Waals surface area contributed by atoms with E-state index >= 15 is 0 Å². The number of hydrogen-bond donors (Lipinski definition) is 3. The molecule has 0 radical (unpaired) electrons. The summed E-state index contributed by atoms with van der Waals surface area (Å²) in [5.74, 6) is -0.353. The van der Waals surface area contributed by atoms with Gasteiger partial charge in [0, 0.05) is 0 Å². The predicted octanol–water partition coefficient (Wildman–Crippen LogP) is 3.91. The van der Waals surface area contributed by atoms with Crippen LogP contribution in [0.1, 0.15) is 27.0 Å². The Kier molecular flexibility index (Phi) is 7.37. The lowest BCUT2D eigenvalue weighted by Gasteiger charge is -2.05. The summed E-state index contributed by atoms with van der Waals surface area (Å²) in [6.07, 6.45) is 1.46. The zero-order valence-corrected chi connectivity index (χ0v) is 20.0. The highest BCUT2D eigenvalue weighted by Crippen LogP contribution is 2.21. The van der Waals surface area contributed by atoms with Crippen molar-refractivity contribution >= 4 is 29.9 Å². The van der Waals surface area contributed by atoms with E-state index in [4.69, 9.17) is 5.11 Å². The molecule has 0 aliphatic rings. The van der Waals surface area contributed by atoms with Crippen LogP contribution in [0.3, 0.4) is 0 Å². The minimum Gasteiger partial charge on any atom is -0.478 e. The van der Waals surface area contributed by atoms with E-state index in [0.29, 0.717) is 10.7 Å². The number of carbonyl (C=O) groups is 2. The number of nitrogens with zero attached hydrogens (tertiary/aromatic N) is 3. The summed E-state index contributed by atoms with van der Waals surface area (Å²) in [4.78, 5) is 23.3. The van der Waals surface area contributed by atoms with Crippen molar-refractivity contribution in [2.24, 2.45) is 5.10 Å². The number of H-pyrrole nitrogens is 1. The summed E-state index contributed by atoms with van der Waals surface area (Å²) in [6, 6.07) is 22.5. The number of aromatic carboxylic acids is 1. The van der Waals surface area contributed by atoms with Gasteiger partial charge in [0.2, 0.25) is 0 Å². The second kappa shape index (κ2) is 10.8. The summed E-state index contributed by atoms with van der Waals surface area (Å²) in [5.41, 5.74) is 7.60. The number of thioether (sulfide) groups is 1. The van der Waals surface area contributed by atoms with Gasteiger partial charge in [-0.3, -0.25) is 4.79 Å². The summed E-state index contributed by atoms with van der Waals surface area (Å²) >= 11 is 1.29. The Bertz CT molecular complexity index is 1360. The molecule has 0 aliphatic heterocycles. The van der Waals surface area contributed by atoms with Gasteiger partial charge in [0.15, 0.2) is 0 Å². The van der Waals surface area contributed by atoms with E-state index in [-0.39, 0.29) is 17.2 Å². The normalized spacial score (nSPS) is 11.0. The molecular formula is C26H24N5O3S+. The molecule has 0 aliphatic carbocycles. The van der Waals surface area contributed by atoms with Crippen LogP contribution >= 0.6 is 11.8 Å². The van der Waals surface area contributed by atoms with Gasteiger partial charge in [-0.15, -0.1) is 5.10 Å². The maximum Gasteiger partial charge on any atom is 0.342 e. The van der Waals surface area contributed by atoms with Gasteiger partial charge in [0.25, 0.3) is 11.7 Å². The van der Waals surface area contributed by atoms with E-state index < -0.39 is 5.97 Å². The Morgan fingerprint density at radius 2 is 1.63 bits per heavy atom. The molecule has 176 valence electrons. The van der Waals surface area contributed by atoms with Crippen LogP contribution in [0, 0.1) is 13.8 Å². The van der Waals surface area contributed by atoms with Crippen LogP contribution in [0.2, 0.25) is 0 Å². The van der Waals surface area contributed by atoms with Crippen LogP contribution in [-0.2, 0) is 4.79 Å². The van der Waals surface area contributed by atoms with Crippen molar-refractivity contribution in [2.45, 2.75) is 19.0 Å². The molecule has 0 atom stereocenters. The number of aromatic amines is 1. The molecule has 3 N–H and O–H groups in total. The number of carboxylic acid groups (broad SMARTS) is 1. The van der Waals surface area contributed by atoms with Crippen LogP contribution in [0.4, 0.5) is 0 Å². The molecule has 0 saturated carbocycles. The number of nitrogens with one attached hydrogen (secondary N) is 2. The average molecular weight is 487 g/mol. The molecule has 0 saturated heterocycles. The number of aromatic nitrogens is 3. The number of benzene rings is 3. The number of carboxylic acids is 1. The van der Waals surface area contributed by atoms with Gasteiger partial charge in [-0.05, 0) is 67.6 Å². The Hall–Kier alpha value is -4.24. The quantitative estimate of drug-likeness (QED) is 0.151. The molecule has 4 rings (SSSR count). The Balaban J connectivity index is 1.47. The molecule has 35 heavy (non-hydrogen) atoms. The molecule has 4 aromatic rings. The number of amides is 1. The lowest BCUT2D eigenvalue weighted by Crippen LogP contribution is -2.34. The van der Waals surface area contributed by atoms with Crippen LogP contribution in [0.15, 0.2) is 83.1 Å². The zero-order chi connectivity index (χ0) is 24.8. The maximum absolute atomic E-state index is 12.4. The minimum absolute atomic E-state index is 0.110. The van der Waals surface area contributed by atoms with Gasteiger partial charge < -0.3 is 5.11 Å². The van der Waals surface area contributed by atoms with Crippen molar-refractivity contribution in [3.05, 3.63) is 95.1 Å². The number of rotatable bonds is 8. The van der Waals surface area contributed by atoms with Gasteiger partial charge >= 0.3 is 11.1 Å². The third-order valence-electron chi connectivity index (χ3n) is 5.18. The topological polar surface area (TPSA) is 111 Å². The van der Waals surface area contributed by atoms with E-state index in [0.717, 1.165) is 22.6 Å². The first-order valence-electron chi connectivity index (χ1n) is 10.8. The summed E-state index contributed by atoms with van der Waals surface area (Å²) in [7, 11) is 0. The van der Waals surface area contributed by atoms with Crippen molar-refractivity contribution < 1.29 is 19.3 Å². The summed E-state index contributed by atoms with van der Waals surface area (Å²) in [5, 5.41) is 21.1. The van der Waals surface area contributed by atoms with Gasteiger partial charge in [0.1, 0.15) is 5.69 Å². The van der Waals surface area contributed by atoms with Crippen molar-refractivity contribution in [1.82, 2.24) is 15.6 Å². The monoisotopic (exact) mass is 486 g/mol. The lowest BCUT2D eigenvalue weighted by molar-refractivity contribution is -0.625. The van der Waals surface area contributed by atoms with Crippen LogP contribution < -0.4 is 9.99 Å². The fourth-order valence-corrected chi connectivity index (χ4v) is 4.05. The molecule has 1 aromatic heterocycles. The third-order valence-corrected chi connectivity index (χ3v) is 6.12. The standard InChI is InChI=1S/C26H23N5O3S/c1-17-3-9-20(10-4-17)24-29-30-26(31(24)22-13-5-18(2)6-14-22)35-16-23(32)28-27-15-19-7-11-21(12-8-19)25(33)34/h3-15H,16H2,1-2H3,(H2,28,32,33,34)/p+1/b27-15+. The zero-order valence-electron chi connectivity index (χ0n) is 19.2. The van der Waals surface area contributed by atoms with Gasteiger partial charge in [0.05, 0.1) is 28.2 Å². The molecule has 1 amide bonds.